The van der Waals surface area contributed by atoms with Gasteiger partial charge in [-0.25, -0.2) is 8.42 Å². The molecule has 0 atom stereocenters. The molecule has 2 aromatic rings. The van der Waals surface area contributed by atoms with Gasteiger partial charge in [0.15, 0.2) is 0 Å². The summed E-state index contributed by atoms with van der Waals surface area (Å²) in [7, 11) is -3.38. The quantitative estimate of drug-likeness (QED) is 0.486. The average Bonchev–Trinajstić information content (AvgIpc) is 2.52. The summed E-state index contributed by atoms with van der Waals surface area (Å²) in [5.41, 5.74) is 2.03. The monoisotopic (exact) mass is 331 g/mol. The summed E-state index contributed by atoms with van der Waals surface area (Å²) >= 11 is 0. The Balaban J connectivity index is 1.95. The van der Waals surface area contributed by atoms with Gasteiger partial charge in [0.2, 0.25) is 16.0 Å². The molecule has 0 aliphatic rings. The normalized spacial score (nSPS) is 12.0. The minimum absolute atomic E-state index is 0.242. The fourth-order valence-corrected chi connectivity index (χ4v) is 2.52. The van der Waals surface area contributed by atoms with Crippen molar-refractivity contribution in [2.45, 2.75) is 12.8 Å². The zero-order chi connectivity index (χ0) is 16.5. The molecule has 0 aliphatic heterocycles. The number of para-hydroxylation sites is 1. The third kappa shape index (κ3) is 6.97. The van der Waals surface area contributed by atoms with E-state index in [0.717, 1.165) is 24.8 Å². The highest BCUT2D eigenvalue weighted by atomic mass is 32.2. The topological polar surface area (TPSA) is 70.6 Å². The molecule has 0 saturated carbocycles. The van der Waals surface area contributed by atoms with E-state index in [0.29, 0.717) is 6.54 Å². The van der Waals surface area contributed by atoms with Crippen molar-refractivity contribution in [3.05, 3.63) is 66.2 Å². The second kappa shape index (κ2) is 8.33. The summed E-state index contributed by atoms with van der Waals surface area (Å²) in [5.74, 6) is 0.242. The Kier molecular flexibility index (Phi) is 6.17. The number of anilines is 1. The first-order valence-corrected chi connectivity index (χ1v) is 9.30. The predicted octanol–water partition coefficient (Wildman–Crippen LogP) is 2.64. The molecule has 0 aliphatic carbocycles. The molecule has 2 N–H and O–H groups in total. The number of hydrogen-bond donors (Lipinski definition) is 2. The summed E-state index contributed by atoms with van der Waals surface area (Å²) in [6, 6.07) is 19.5. The molecule has 0 saturated heterocycles. The van der Waals surface area contributed by atoms with E-state index >= 15 is 0 Å². The Morgan fingerprint density at radius 2 is 1.61 bits per heavy atom. The van der Waals surface area contributed by atoms with Gasteiger partial charge >= 0.3 is 0 Å². The van der Waals surface area contributed by atoms with Crippen LogP contribution in [0.2, 0.25) is 0 Å². The summed E-state index contributed by atoms with van der Waals surface area (Å²) in [6.45, 7) is 0.534. The first kappa shape index (κ1) is 17.0. The van der Waals surface area contributed by atoms with E-state index in [1.807, 2.05) is 48.5 Å². The van der Waals surface area contributed by atoms with Crippen LogP contribution in [0, 0.1) is 0 Å². The van der Waals surface area contributed by atoms with Gasteiger partial charge in [0, 0.05) is 12.2 Å². The van der Waals surface area contributed by atoms with Crippen LogP contribution in [-0.4, -0.2) is 27.2 Å². The van der Waals surface area contributed by atoms with Crippen molar-refractivity contribution >= 4 is 21.7 Å². The van der Waals surface area contributed by atoms with E-state index in [-0.39, 0.29) is 5.96 Å². The summed E-state index contributed by atoms with van der Waals surface area (Å²) in [5, 5.41) is 2.99. The lowest BCUT2D eigenvalue weighted by Gasteiger charge is -2.11. The number of nitrogens with one attached hydrogen (secondary N) is 2. The van der Waals surface area contributed by atoms with Crippen LogP contribution in [-0.2, 0) is 16.4 Å². The van der Waals surface area contributed by atoms with E-state index in [9.17, 15) is 8.42 Å². The highest BCUT2D eigenvalue weighted by Gasteiger charge is 2.06. The molecule has 23 heavy (non-hydrogen) atoms. The number of rotatable bonds is 6. The summed E-state index contributed by atoms with van der Waals surface area (Å²) in [4.78, 5) is 4.33. The lowest BCUT2D eigenvalue weighted by Crippen LogP contribution is -2.35. The Hall–Kier alpha value is -2.34. The van der Waals surface area contributed by atoms with Crippen LogP contribution in [0.3, 0.4) is 0 Å². The second-order valence-corrected chi connectivity index (χ2v) is 6.93. The van der Waals surface area contributed by atoms with Crippen LogP contribution < -0.4 is 10.0 Å². The van der Waals surface area contributed by atoms with Crippen molar-refractivity contribution in [1.82, 2.24) is 4.72 Å². The van der Waals surface area contributed by atoms with Crippen LogP contribution in [0.4, 0.5) is 5.69 Å². The zero-order valence-electron chi connectivity index (χ0n) is 13.1. The van der Waals surface area contributed by atoms with E-state index < -0.39 is 10.0 Å². The predicted molar refractivity (Wildman–Crippen MR) is 95.1 cm³/mol. The number of aryl methyl sites for hydroxylation is 1. The Labute approximate surface area is 137 Å². The summed E-state index contributed by atoms with van der Waals surface area (Å²) in [6.07, 6.45) is 2.86. The SMILES string of the molecule is CS(=O)(=O)NC(=NCCCc1ccccc1)Nc1ccccc1. The molecule has 0 radical (unpaired) electrons. The van der Waals surface area contributed by atoms with Gasteiger partial charge in [-0.2, -0.15) is 0 Å². The number of sulfonamides is 1. The largest absolute Gasteiger partial charge is 0.326 e. The minimum Gasteiger partial charge on any atom is -0.326 e. The third-order valence-electron chi connectivity index (χ3n) is 3.05. The highest BCUT2D eigenvalue weighted by Crippen LogP contribution is 2.06. The number of hydrogen-bond acceptors (Lipinski definition) is 3. The maximum Gasteiger partial charge on any atom is 0.232 e. The van der Waals surface area contributed by atoms with Crippen LogP contribution in [0.5, 0.6) is 0 Å². The maximum absolute atomic E-state index is 11.5. The average molecular weight is 331 g/mol. The molecule has 0 heterocycles. The Bertz CT molecular complexity index is 729. The fourth-order valence-electron chi connectivity index (χ4n) is 2.05. The van der Waals surface area contributed by atoms with Gasteiger partial charge < -0.3 is 5.32 Å². The number of aliphatic imine (C=N–C) groups is 1. The highest BCUT2D eigenvalue weighted by molar-refractivity contribution is 7.89. The maximum atomic E-state index is 11.5. The van der Waals surface area contributed by atoms with Gasteiger partial charge in [-0.15, -0.1) is 0 Å². The van der Waals surface area contributed by atoms with Gasteiger partial charge in [-0.3, -0.25) is 9.71 Å². The first-order valence-electron chi connectivity index (χ1n) is 7.41. The second-order valence-electron chi connectivity index (χ2n) is 5.18. The van der Waals surface area contributed by atoms with Crippen molar-refractivity contribution < 1.29 is 8.42 Å². The van der Waals surface area contributed by atoms with Gasteiger partial charge in [0.05, 0.1) is 6.26 Å². The fraction of sp³-hybridized carbons (Fsp3) is 0.235. The lowest BCUT2D eigenvalue weighted by molar-refractivity contribution is 0.598. The molecule has 0 fully saturated rings. The van der Waals surface area contributed by atoms with Crippen LogP contribution in [0.25, 0.3) is 0 Å². The molecule has 122 valence electrons. The molecule has 0 bridgehead atoms. The lowest BCUT2D eigenvalue weighted by atomic mass is 10.1. The van der Waals surface area contributed by atoms with Crippen LogP contribution in [0.1, 0.15) is 12.0 Å². The smallest absolute Gasteiger partial charge is 0.232 e. The molecule has 0 spiro atoms. The molecular weight excluding hydrogens is 310 g/mol. The molecule has 0 amide bonds. The van der Waals surface area contributed by atoms with Crippen molar-refractivity contribution in [2.24, 2.45) is 4.99 Å². The first-order chi connectivity index (χ1) is 11.0. The standard InChI is InChI=1S/C17H21N3O2S/c1-23(21,22)20-17(19-16-12-6-3-7-13-16)18-14-8-11-15-9-4-2-5-10-15/h2-7,9-10,12-13H,8,11,14H2,1H3,(H2,18,19,20). The van der Waals surface area contributed by atoms with Crippen molar-refractivity contribution in [3.63, 3.8) is 0 Å². The van der Waals surface area contributed by atoms with Crippen LogP contribution >= 0.6 is 0 Å². The van der Waals surface area contributed by atoms with E-state index in [2.05, 4.69) is 27.2 Å². The van der Waals surface area contributed by atoms with E-state index in [4.69, 9.17) is 0 Å². The van der Waals surface area contributed by atoms with Crippen LogP contribution in [0.15, 0.2) is 65.7 Å². The number of guanidine groups is 1. The third-order valence-corrected chi connectivity index (χ3v) is 3.62. The van der Waals surface area contributed by atoms with E-state index in [1.54, 1.807) is 0 Å². The molecule has 0 unspecified atom stereocenters. The van der Waals surface area contributed by atoms with Gasteiger partial charge in [0.25, 0.3) is 0 Å². The molecule has 6 heteroatoms. The summed E-state index contributed by atoms with van der Waals surface area (Å²) < 4.78 is 25.3. The molecular formula is C17H21N3O2S. The Morgan fingerprint density at radius 3 is 2.22 bits per heavy atom. The molecule has 5 nitrogen and oxygen atoms in total. The molecule has 0 aromatic heterocycles. The van der Waals surface area contributed by atoms with Crippen molar-refractivity contribution in [1.29, 1.82) is 0 Å². The van der Waals surface area contributed by atoms with Gasteiger partial charge in [-0.1, -0.05) is 48.5 Å². The van der Waals surface area contributed by atoms with E-state index in [1.165, 1.54) is 5.56 Å². The van der Waals surface area contributed by atoms with Gasteiger partial charge in [0.1, 0.15) is 0 Å². The zero-order valence-corrected chi connectivity index (χ0v) is 13.9. The Morgan fingerprint density at radius 1 is 1.00 bits per heavy atom. The number of nitrogens with zero attached hydrogens (tertiary/aromatic N) is 1. The molecule has 2 rings (SSSR count). The minimum atomic E-state index is -3.38. The molecule has 2 aromatic carbocycles. The van der Waals surface area contributed by atoms with Crippen molar-refractivity contribution in [3.8, 4) is 0 Å². The van der Waals surface area contributed by atoms with Crippen molar-refractivity contribution in [2.75, 3.05) is 18.1 Å². The number of benzene rings is 2. The van der Waals surface area contributed by atoms with Gasteiger partial charge in [-0.05, 0) is 30.5 Å².